The number of nitrogens with one attached hydrogen (secondary N) is 2. The van der Waals surface area contributed by atoms with Gasteiger partial charge >= 0.3 is 0 Å². The summed E-state index contributed by atoms with van der Waals surface area (Å²) in [5.41, 5.74) is 1.90. The molecule has 0 bridgehead atoms. The number of hydrogen-bond acceptors (Lipinski definition) is 4. The van der Waals surface area contributed by atoms with Gasteiger partial charge in [-0.1, -0.05) is 37.3 Å². The van der Waals surface area contributed by atoms with E-state index < -0.39 is 0 Å². The minimum absolute atomic E-state index is 0.0276. The highest BCUT2D eigenvalue weighted by Gasteiger charge is 2.23. The van der Waals surface area contributed by atoms with Crippen molar-refractivity contribution in [3.05, 3.63) is 65.7 Å². The first-order valence-corrected chi connectivity index (χ1v) is 10.7. The van der Waals surface area contributed by atoms with Crippen LogP contribution in [0.25, 0.3) is 6.08 Å². The average Bonchev–Trinajstić information content (AvgIpc) is 2.78. The number of amides is 2. The number of para-hydroxylation sites is 2. The summed E-state index contributed by atoms with van der Waals surface area (Å²) in [4.78, 5) is 27.1. The van der Waals surface area contributed by atoms with Crippen LogP contribution in [0.5, 0.6) is 5.75 Å². The lowest BCUT2D eigenvalue weighted by Gasteiger charge is -2.30. The topological polar surface area (TPSA) is 70.7 Å². The van der Waals surface area contributed by atoms with Gasteiger partial charge in [-0.15, -0.1) is 0 Å². The molecule has 0 spiro atoms. The van der Waals surface area contributed by atoms with Gasteiger partial charge in [0.05, 0.1) is 18.4 Å². The first-order valence-electron chi connectivity index (χ1n) is 10.3. The van der Waals surface area contributed by atoms with Gasteiger partial charge < -0.3 is 15.0 Å². The SMILES string of the molecule is COc1ccccc1/C=C/C(=O)NC(=S)Nc1ccccc1C(=O)N1CCC(C)CC1. The molecule has 6 nitrogen and oxygen atoms in total. The van der Waals surface area contributed by atoms with E-state index in [1.54, 1.807) is 25.3 Å². The van der Waals surface area contributed by atoms with Crippen molar-refractivity contribution >= 4 is 40.9 Å². The van der Waals surface area contributed by atoms with Crippen LogP contribution in [0.1, 0.15) is 35.7 Å². The number of rotatable bonds is 5. The number of benzene rings is 2. The van der Waals surface area contributed by atoms with Crippen molar-refractivity contribution in [1.82, 2.24) is 10.2 Å². The summed E-state index contributed by atoms with van der Waals surface area (Å²) in [6.45, 7) is 3.72. The van der Waals surface area contributed by atoms with Gasteiger partial charge in [0.15, 0.2) is 5.11 Å². The molecule has 162 valence electrons. The molecular formula is C24H27N3O3S. The van der Waals surface area contributed by atoms with Crippen LogP contribution in [0.3, 0.4) is 0 Å². The maximum absolute atomic E-state index is 13.0. The third kappa shape index (κ3) is 6.15. The maximum Gasteiger partial charge on any atom is 0.255 e. The number of methoxy groups -OCH3 is 1. The number of anilines is 1. The number of carbonyl (C=O) groups excluding carboxylic acids is 2. The number of hydrogen-bond donors (Lipinski definition) is 2. The monoisotopic (exact) mass is 437 g/mol. The molecule has 2 amide bonds. The largest absolute Gasteiger partial charge is 0.496 e. The van der Waals surface area contributed by atoms with Crippen LogP contribution in [0.4, 0.5) is 5.69 Å². The van der Waals surface area contributed by atoms with Crippen LogP contribution >= 0.6 is 12.2 Å². The summed E-state index contributed by atoms with van der Waals surface area (Å²) >= 11 is 5.28. The molecule has 31 heavy (non-hydrogen) atoms. The van der Waals surface area contributed by atoms with Crippen molar-refractivity contribution in [2.75, 3.05) is 25.5 Å². The fourth-order valence-corrected chi connectivity index (χ4v) is 3.65. The fourth-order valence-electron chi connectivity index (χ4n) is 3.44. The van der Waals surface area contributed by atoms with Crippen molar-refractivity contribution in [1.29, 1.82) is 0 Å². The molecule has 1 heterocycles. The Morgan fingerprint density at radius 2 is 1.77 bits per heavy atom. The van der Waals surface area contributed by atoms with Gasteiger partial charge in [0.25, 0.3) is 5.91 Å². The third-order valence-electron chi connectivity index (χ3n) is 5.27. The third-order valence-corrected chi connectivity index (χ3v) is 5.47. The van der Waals surface area contributed by atoms with E-state index >= 15 is 0 Å². The second-order valence-corrected chi connectivity index (χ2v) is 7.95. The molecule has 7 heteroatoms. The predicted molar refractivity (Wildman–Crippen MR) is 127 cm³/mol. The number of ether oxygens (including phenoxy) is 1. The van der Waals surface area contributed by atoms with Crippen molar-refractivity contribution in [2.24, 2.45) is 5.92 Å². The van der Waals surface area contributed by atoms with E-state index in [0.717, 1.165) is 31.5 Å². The molecule has 2 aromatic carbocycles. The smallest absolute Gasteiger partial charge is 0.255 e. The molecular weight excluding hydrogens is 410 g/mol. The highest BCUT2D eigenvalue weighted by atomic mass is 32.1. The van der Waals surface area contributed by atoms with Gasteiger partial charge in [-0.2, -0.15) is 0 Å². The summed E-state index contributed by atoms with van der Waals surface area (Å²) in [6.07, 6.45) is 5.06. The number of likely N-dealkylation sites (tertiary alicyclic amines) is 1. The molecule has 0 unspecified atom stereocenters. The maximum atomic E-state index is 13.0. The van der Waals surface area contributed by atoms with Crippen molar-refractivity contribution in [3.8, 4) is 5.75 Å². The highest BCUT2D eigenvalue weighted by molar-refractivity contribution is 7.80. The molecule has 0 aliphatic carbocycles. The van der Waals surface area contributed by atoms with Crippen LogP contribution in [0.2, 0.25) is 0 Å². The molecule has 0 aromatic heterocycles. The Labute approximate surface area is 188 Å². The molecule has 0 saturated carbocycles. The second kappa shape index (κ2) is 10.7. The average molecular weight is 438 g/mol. The summed E-state index contributed by atoms with van der Waals surface area (Å²) in [5, 5.41) is 5.73. The molecule has 0 radical (unpaired) electrons. The van der Waals surface area contributed by atoms with Crippen molar-refractivity contribution in [2.45, 2.75) is 19.8 Å². The molecule has 1 aliphatic rings. The van der Waals surface area contributed by atoms with E-state index in [9.17, 15) is 9.59 Å². The van der Waals surface area contributed by atoms with Gasteiger partial charge in [-0.3, -0.25) is 14.9 Å². The predicted octanol–water partition coefficient (Wildman–Crippen LogP) is 4.09. The van der Waals surface area contributed by atoms with Crippen molar-refractivity contribution < 1.29 is 14.3 Å². The van der Waals surface area contributed by atoms with E-state index in [2.05, 4.69) is 17.6 Å². The second-order valence-electron chi connectivity index (χ2n) is 7.54. The van der Waals surface area contributed by atoms with Gasteiger partial charge in [0.2, 0.25) is 5.91 Å². The van der Waals surface area contributed by atoms with E-state index in [-0.39, 0.29) is 16.9 Å². The minimum Gasteiger partial charge on any atom is -0.496 e. The van der Waals surface area contributed by atoms with Crippen LogP contribution in [-0.2, 0) is 4.79 Å². The summed E-state index contributed by atoms with van der Waals surface area (Å²) in [7, 11) is 1.58. The molecule has 2 N–H and O–H groups in total. The fraction of sp³-hybridized carbons (Fsp3) is 0.292. The van der Waals surface area contributed by atoms with E-state index in [1.807, 2.05) is 41.3 Å². The molecule has 0 atom stereocenters. The Balaban J connectivity index is 1.62. The summed E-state index contributed by atoms with van der Waals surface area (Å²) in [5.74, 6) is 0.911. The van der Waals surface area contributed by atoms with Gasteiger partial charge in [-0.25, -0.2) is 0 Å². The van der Waals surface area contributed by atoms with Gasteiger partial charge in [0.1, 0.15) is 5.75 Å². The quantitative estimate of drug-likeness (QED) is 0.545. The molecule has 1 aliphatic heterocycles. The Hall–Kier alpha value is -3.19. The Bertz CT molecular complexity index is 982. The Morgan fingerprint density at radius 1 is 1.10 bits per heavy atom. The minimum atomic E-state index is -0.378. The lowest BCUT2D eigenvalue weighted by atomic mass is 9.98. The van der Waals surface area contributed by atoms with Crippen LogP contribution in [0, 0.1) is 5.92 Å². The lowest BCUT2D eigenvalue weighted by molar-refractivity contribution is -0.115. The molecule has 2 aromatic rings. The number of nitrogens with zero attached hydrogens (tertiary/aromatic N) is 1. The molecule has 1 saturated heterocycles. The van der Waals surface area contributed by atoms with E-state index in [1.165, 1.54) is 6.08 Å². The van der Waals surface area contributed by atoms with Crippen LogP contribution in [0.15, 0.2) is 54.6 Å². The first-order chi connectivity index (χ1) is 15.0. The van der Waals surface area contributed by atoms with Crippen LogP contribution < -0.4 is 15.4 Å². The zero-order valence-electron chi connectivity index (χ0n) is 17.8. The van der Waals surface area contributed by atoms with Crippen molar-refractivity contribution in [3.63, 3.8) is 0 Å². The van der Waals surface area contributed by atoms with Gasteiger partial charge in [-0.05, 0) is 55.3 Å². The zero-order valence-corrected chi connectivity index (χ0v) is 18.6. The molecule has 3 rings (SSSR count). The van der Waals surface area contributed by atoms with Gasteiger partial charge in [0, 0.05) is 24.7 Å². The number of piperidine rings is 1. The standard InChI is InChI=1S/C24H27N3O3S/c1-17-13-15-27(16-14-17)23(29)19-8-4-5-9-20(19)25-24(31)26-22(28)12-11-18-7-3-6-10-21(18)30-2/h3-12,17H,13-16H2,1-2H3,(H2,25,26,28,31)/b12-11+. The number of carbonyl (C=O) groups is 2. The zero-order chi connectivity index (χ0) is 22.2. The normalized spacial score (nSPS) is 14.3. The summed E-state index contributed by atoms with van der Waals surface area (Å²) < 4.78 is 5.27. The van der Waals surface area contributed by atoms with E-state index in [0.29, 0.717) is 22.9 Å². The molecule has 1 fully saturated rings. The highest BCUT2D eigenvalue weighted by Crippen LogP contribution is 2.22. The lowest BCUT2D eigenvalue weighted by Crippen LogP contribution is -2.39. The Morgan fingerprint density at radius 3 is 2.52 bits per heavy atom. The van der Waals surface area contributed by atoms with E-state index in [4.69, 9.17) is 17.0 Å². The van der Waals surface area contributed by atoms with Crippen LogP contribution in [-0.4, -0.2) is 42.0 Å². The number of thiocarbonyl (C=S) groups is 1. The first kappa shape index (κ1) is 22.5. The Kier molecular flexibility index (Phi) is 7.78. The summed E-state index contributed by atoms with van der Waals surface area (Å²) in [6, 6.07) is 14.6.